The molecule has 0 radical (unpaired) electrons. The van der Waals surface area contributed by atoms with Gasteiger partial charge in [0.05, 0.1) is 12.4 Å². The Morgan fingerprint density at radius 2 is 1.47 bits per heavy atom. The molecule has 0 aliphatic carbocycles. The zero-order valence-corrected chi connectivity index (χ0v) is 24.2. The first kappa shape index (κ1) is 33.2. The van der Waals surface area contributed by atoms with Crippen molar-refractivity contribution in [2.75, 3.05) is 13.1 Å². The summed E-state index contributed by atoms with van der Waals surface area (Å²) in [5.74, 6) is -2.99. The SMILES string of the molecule is NCCCCC(N)C(=O)NC(CCCCN)C(=O)NC(Cc1cnc[nH]1)C(=O)NC(Cc1c[nH]c2ccccc12)C(=O)O. The van der Waals surface area contributed by atoms with Crippen LogP contribution in [-0.2, 0) is 32.0 Å². The molecule has 1 aromatic carbocycles. The Labute approximate surface area is 249 Å². The highest BCUT2D eigenvalue weighted by atomic mass is 16.4. The maximum Gasteiger partial charge on any atom is 0.326 e. The Balaban J connectivity index is 1.75. The van der Waals surface area contributed by atoms with E-state index in [9.17, 15) is 24.3 Å². The van der Waals surface area contributed by atoms with Crippen molar-refractivity contribution in [1.29, 1.82) is 0 Å². The van der Waals surface area contributed by atoms with Crippen LogP contribution in [0.1, 0.15) is 49.8 Å². The number of nitrogens with two attached hydrogens (primary N) is 3. The maximum atomic E-state index is 13.5. The van der Waals surface area contributed by atoms with Crippen LogP contribution in [0.2, 0.25) is 0 Å². The molecule has 3 aromatic rings. The highest BCUT2D eigenvalue weighted by Crippen LogP contribution is 2.19. The number of aliphatic carboxylic acids is 1. The number of hydrogen-bond acceptors (Lipinski definition) is 8. The lowest BCUT2D eigenvalue weighted by Crippen LogP contribution is -2.57. The summed E-state index contributed by atoms with van der Waals surface area (Å²) >= 11 is 0. The summed E-state index contributed by atoms with van der Waals surface area (Å²) in [4.78, 5) is 61.9. The van der Waals surface area contributed by atoms with Gasteiger partial charge in [-0.15, -0.1) is 0 Å². The van der Waals surface area contributed by atoms with Gasteiger partial charge in [-0.2, -0.15) is 0 Å². The molecule has 4 unspecified atom stereocenters. The highest BCUT2D eigenvalue weighted by Gasteiger charge is 2.31. The van der Waals surface area contributed by atoms with Gasteiger partial charge in [0.2, 0.25) is 17.7 Å². The zero-order chi connectivity index (χ0) is 31.2. The third-order valence-electron chi connectivity index (χ3n) is 7.21. The number of hydrogen-bond donors (Lipinski definition) is 9. The monoisotopic (exact) mass is 597 g/mol. The number of aromatic nitrogens is 3. The molecule has 0 spiro atoms. The Bertz CT molecular complexity index is 1330. The van der Waals surface area contributed by atoms with Gasteiger partial charge in [-0.25, -0.2) is 9.78 Å². The number of rotatable bonds is 19. The van der Waals surface area contributed by atoms with Crippen molar-refractivity contribution in [3.8, 4) is 0 Å². The van der Waals surface area contributed by atoms with Crippen molar-refractivity contribution >= 4 is 34.6 Å². The zero-order valence-electron chi connectivity index (χ0n) is 24.2. The second-order valence-electron chi connectivity index (χ2n) is 10.5. The van der Waals surface area contributed by atoms with Crippen LogP contribution in [0.4, 0.5) is 0 Å². The summed E-state index contributed by atoms with van der Waals surface area (Å²) in [6, 6.07) is 3.23. The first-order valence-corrected chi connectivity index (χ1v) is 14.5. The van der Waals surface area contributed by atoms with Crippen molar-refractivity contribution in [3.63, 3.8) is 0 Å². The fourth-order valence-electron chi connectivity index (χ4n) is 4.77. The first-order valence-electron chi connectivity index (χ1n) is 14.5. The number of para-hydroxylation sites is 1. The molecule has 4 atom stereocenters. The van der Waals surface area contributed by atoms with Gasteiger partial charge in [-0.3, -0.25) is 14.4 Å². The second-order valence-corrected chi connectivity index (χ2v) is 10.5. The number of unbranched alkanes of at least 4 members (excludes halogenated alkanes) is 2. The molecule has 3 amide bonds. The van der Waals surface area contributed by atoms with E-state index in [2.05, 4.69) is 30.9 Å². The van der Waals surface area contributed by atoms with Crippen LogP contribution < -0.4 is 33.2 Å². The normalized spacial score (nSPS) is 14.0. The molecule has 43 heavy (non-hydrogen) atoms. The lowest BCUT2D eigenvalue weighted by molar-refractivity contribution is -0.142. The van der Waals surface area contributed by atoms with E-state index in [0.717, 1.165) is 22.9 Å². The van der Waals surface area contributed by atoms with Crippen molar-refractivity contribution in [2.24, 2.45) is 17.2 Å². The van der Waals surface area contributed by atoms with Gasteiger partial charge < -0.3 is 48.2 Å². The minimum Gasteiger partial charge on any atom is -0.480 e. The lowest BCUT2D eigenvalue weighted by Gasteiger charge is -2.25. The molecule has 234 valence electrons. The number of aromatic amines is 2. The standard InChI is InChI=1S/C29H43N9O5/c30-11-5-3-8-21(32)26(39)36-23(10-4-6-12-31)27(40)37-24(14-19-16-33-17-35-19)28(41)38-25(29(42)43)13-18-15-34-22-9-2-1-7-20(18)22/h1-2,7,9,15-17,21,23-25,34H,3-6,8,10-14,30-32H2,(H,33,35)(H,36,39)(H,37,40)(H,38,41)(H,42,43). The molecule has 14 heteroatoms. The number of imidazole rings is 1. The highest BCUT2D eigenvalue weighted by molar-refractivity contribution is 5.94. The van der Waals surface area contributed by atoms with Crippen LogP contribution in [0.25, 0.3) is 10.9 Å². The van der Waals surface area contributed by atoms with Crippen molar-refractivity contribution in [3.05, 3.63) is 54.2 Å². The van der Waals surface area contributed by atoms with Crippen LogP contribution >= 0.6 is 0 Å². The summed E-state index contributed by atoms with van der Waals surface area (Å²) in [6.07, 6.45) is 7.97. The van der Waals surface area contributed by atoms with E-state index in [1.807, 2.05) is 24.3 Å². The Morgan fingerprint density at radius 1 is 0.814 bits per heavy atom. The molecule has 12 N–H and O–H groups in total. The number of carboxylic acids is 1. The third kappa shape index (κ3) is 10.2. The molecule has 2 aromatic heterocycles. The van der Waals surface area contributed by atoms with E-state index in [-0.39, 0.29) is 19.3 Å². The Kier molecular flexibility index (Phi) is 13.1. The fourth-order valence-corrected chi connectivity index (χ4v) is 4.77. The van der Waals surface area contributed by atoms with E-state index >= 15 is 0 Å². The van der Waals surface area contributed by atoms with Crippen LogP contribution in [0.15, 0.2) is 43.0 Å². The Hall–Kier alpha value is -4.27. The summed E-state index contributed by atoms with van der Waals surface area (Å²) < 4.78 is 0. The fraction of sp³-hybridized carbons (Fsp3) is 0.483. The summed E-state index contributed by atoms with van der Waals surface area (Å²) in [6.45, 7) is 0.904. The topological polar surface area (TPSA) is 247 Å². The minimum absolute atomic E-state index is 0.0130. The van der Waals surface area contributed by atoms with E-state index in [1.54, 1.807) is 6.20 Å². The number of carboxylic acid groups (broad SMARTS) is 1. The molecule has 0 bridgehead atoms. The minimum atomic E-state index is -1.26. The lowest BCUT2D eigenvalue weighted by atomic mass is 10.0. The average Bonchev–Trinajstić information content (AvgIpc) is 3.66. The van der Waals surface area contributed by atoms with Gasteiger partial charge in [-0.1, -0.05) is 24.6 Å². The van der Waals surface area contributed by atoms with Gasteiger partial charge in [0.1, 0.15) is 18.1 Å². The number of amides is 3. The maximum absolute atomic E-state index is 13.5. The van der Waals surface area contributed by atoms with E-state index < -0.39 is 47.9 Å². The molecule has 2 heterocycles. The summed E-state index contributed by atoms with van der Waals surface area (Å²) in [7, 11) is 0. The first-order chi connectivity index (χ1) is 20.7. The number of nitrogens with one attached hydrogen (secondary N) is 5. The summed E-state index contributed by atoms with van der Waals surface area (Å²) in [5, 5.41) is 18.8. The molecule has 0 saturated heterocycles. The second kappa shape index (κ2) is 17.0. The molecule has 0 aliphatic rings. The molecule has 14 nitrogen and oxygen atoms in total. The quantitative estimate of drug-likeness (QED) is 0.0829. The Morgan fingerprint density at radius 3 is 2.14 bits per heavy atom. The predicted octanol–water partition coefficient (Wildman–Crippen LogP) is -0.199. The third-order valence-corrected chi connectivity index (χ3v) is 7.21. The van der Waals surface area contributed by atoms with Crippen molar-refractivity contribution in [2.45, 2.75) is 75.5 Å². The van der Waals surface area contributed by atoms with Gasteiger partial charge in [0.25, 0.3) is 0 Å². The number of nitrogens with zero attached hydrogens (tertiary/aromatic N) is 1. The molecular formula is C29H43N9O5. The predicted molar refractivity (Wildman–Crippen MR) is 162 cm³/mol. The van der Waals surface area contributed by atoms with Gasteiger partial charge in [0.15, 0.2) is 0 Å². The van der Waals surface area contributed by atoms with Crippen molar-refractivity contribution in [1.82, 2.24) is 30.9 Å². The largest absolute Gasteiger partial charge is 0.480 e. The van der Waals surface area contributed by atoms with E-state index in [4.69, 9.17) is 17.2 Å². The number of H-pyrrole nitrogens is 2. The number of carbonyl (C=O) groups excluding carboxylic acids is 3. The number of carbonyl (C=O) groups is 4. The van der Waals surface area contributed by atoms with Gasteiger partial charge >= 0.3 is 5.97 Å². The number of benzene rings is 1. The van der Waals surface area contributed by atoms with Crippen LogP contribution in [-0.4, -0.2) is 81.0 Å². The van der Waals surface area contributed by atoms with Crippen LogP contribution in [0, 0.1) is 0 Å². The molecule has 0 aliphatic heterocycles. The smallest absolute Gasteiger partial charge is 0.326 e. The molecular weight excluding hydrogens is 554 g/mol. The van der Waals surface area contributed by atoms with Gasteiger partial charge in [-0.05, 0) is 56.8 Å². The number of fused-ring (bicyclic) bond motifs is 1. The van der Waals surface area contributed by atoms with Gasteiger partial charge in [0, 0.05) is 41.8 Å². The molecule has 0 fully saturated rings. The van der Waals surface area contributed by atoms with E-state index in [1.165, 1.54) is 12.5 Å². The average molecular weight is 598 g/mol. The van der Waals surface area contributed by atoms with Crippen molar-refractivity contribution < 1.29 is 24.3 Å². The molecule has 3 rings (SSSR count). The van der Waals surface area contributed by atoms with Crippen LogP contribution in [0.5, 0.6) is 0 Å². The van der Waals surface area contributed by atoms with E-state index in [0.29, 0.717) is 44.5 Å². The summed E-state index contributed by atoms with van der Waals surface area (Å²) in [5.41, 5.74) is 19.3. The molecule has 0 saturated carbocycles. The van der Waals surface area contributed by atoms with Crippen LogP contribution in [0.3, 0.4) is 0 Å².